The fourth-order valence-corrected chi connectivity index (χ4v) is 0.298. The van der Waals surface area contributed by atoms with Gasteiger partial charge >= 0.3 is 23.9 Å². The highest BCUT2D eigenvalue weighted by Crippen LogP contribution is 1.83. The number of esters is 1. The molecule has 0 amide bonds. The highest BCUT2D eigenvalue weighted by molar-refractivity contribution is 5.81. The molecule has 0 rings (SSSR count). The van der Waals surface area contributed by atoms with Gasteiger partial charge in [-0.05, 0) is 0 Å². The largest absolute Gasteiger partial charge is 0.481 e. The van der Waals surface area contributed by atoms with Crippen LogP contribution in [0.15, 0.2) is 38.0 Å². The lowest BCUT2D eigenvalue weighted by atomic mass is 10.5. The average molecular weight is 288 g/mol. The van der Waals surface area contributed by atoms with E-state index in [1.165, 1.54) is 0 Å². The van der Waals surface area contributed by atoms with Gasteiger partial charge in [-0.25, -0.2) is 14.4 Å². The molecule has 0 spiro atoms. The van der Waals surface area contributed by atoms with Crippen molar-refractivity contribution in [2.24, 2.45) is 0 Å². The lowest BCUT2D eigenvalue weighted by molar-refractivity contribution is -0.142. The van der Waals surface area contributed by atoms with E-state index in [0.29, 0.717) is 0 Å². The number of ether oxygens (including phenoxy) is 1. The van der Waals surface area contributed by atoms with Gasteiger partial charge in [-0.2, -0.15) is 0 Å². The number of carboxylic acids is 3. The molecule has 0 aromatic rings. The van der Waals surface area contributed by atoms with Gasteiger partial charge in [0.2, 0.25) is 0 Å². The maximum atomic E-state index is 10.3. The second-order valence-electron chi connectivity index (χ2n) is 2.60. The number of rotatable bonds is 6. The van der Waals surface area contributed by atoms with Crippen LogP contribution in [0.2, 0.25) is 0 Å². The van der Waals surface area contributed by atoms with Gasteiger partial charge in [0, 0.05) is 18.2 Å². The standard InChI is InChI=1S/C6H8O4.2C3H4O2/c1-2-6(9)10-4-3-5(7)8;2*1-2-3(4)5/h2H,1,3-4H2,(H,7,8);2*2H,1H2,(H,4,5). The Hall–Kier alpha value is -2.90. The zero-order valence-corrected chi connectivity index (χ0v) is 10.7. The molecule has 3 N–H and O–H groups in total. The van der Waals surface area contributed by atoms with E-state index in [0.717, 1.165) is 18.2 Å². The van der Waals surface area contributed by atoms with Crippen molar-refractivity contribution in [3.63, 3.8) is 0 Å². The molecule has 20 heavy (non-hydrogen) atoms. The van der Waals surface area contributed by atoms with Crippen molar-refractivity contribution in [2.45, 2.75) is 6.42 Å². The van der Waals surface area contributed by atoms with Crippen molar-refractivity contribution in [2.75, 3.05) is 6.61 Å². The molecule has 0 fully saturated rings. The lowest BCUT2D eigenvalue weighted by Gasteiger charge is -1.96. The summed E-state index contributed by atoms with van der Waals surface area (Å²) in [7, 11) is 0. The van der Waals surface area contributed by atoms with Crippen LogP contribution >= 0.6 is 0 Å². The van der Waals surface area contributed by atoms with Crippen LogP contribution < -0.4 is 0 Å². The molecule has 0 unspecified atom stereocenters. The van der Waals surface area contributed by atoms with Gasteiger partial charge in [0.15, 0.2) is 0 Å². The van der Waals surface area contributed by atoms with E-state index in [9.17, 15) is 19.2 Å². The predicted octanol–water partition coefficient (Wildman–Crippen LogP) is 0.704. The molecule has 0 heterocycles. The Labute approximate surface area is 115 Å². The van der Waals surface area contributed by atoms with Crippen LogP contribution in [-0.4, -0.2) is 45.8 Å². The van der Waals surface area contributed by atoms with Gasteiger partial charge < -0.3 is 20.1 Å². The summed E-state index contributed by atoms with van der Waals surface area (Å²) in [4.78, 5) is 38.6. The highest BCUT2D eigenvalue weighted by Gasteiger charge is 1.98. The molecule has 0 saturated carbocycles. The molecule has 0 aromatic carbocycles. The number of carbonyl (C=O) groups is 4. The number of hydrogen-bond acceptors (Lipinski definition) is 5. The van der Waals surface area contributed by atoms with E-state index in [1.807, 2.05) is 0 Å². The van der Waals surface area contributed by atoms with Gasteiger partial charge in [0.25, 0.3) is 0 Å². The fourth-order valence-electron chi connectivity index (χ4n) is 0.298. The van der Waals surface area contributed by atoms with Crippen molar-refractivity contribution in [3.8, 4) is 0 Å². The summed E-state index contributed by atoms with van der Waals surface area (Å²) in [5, 5.41) is 23.3. The van der Waals surface area contributed by atoms with E-state index >= 15 is 0 Å². The maximum absolute atomic E-state index is 10.3. The monoisotopic (exact) mass is 288 g/mol. The van der Waals surface area contributed by atoms with Crippen LogP contribution in [0.3, 0.4) is 0 Å². The smallest absolute Gasteiger partial charge is 0.330 e. The Balaban J connectivity index is -0.000000244. The van der Waals surface area contributed by atoms with E-state index < -0.39 is 23.9 Å². The quantitative estimate of drug-likeness (QED) is 0.479. The third-order valence-electron chi connectivity index (χ3n) is 1.08. The molecule has 0 aliphatic rings. The number of carboxylic acid groups (broad SMARTS) is 3. The Morgan fingerprint density at radius 1 is 0.850 bits per heavy atom. The highest BCUT2D eigenvalue weighted by atomic mass is 16.5. The van der Waals surface area contributed by atoms with Crippen molar-refractivity contribution in [3.05, 3.63) is 38.0 Å². The van der Waals surface area contributed by atoms with Crippen LogP contribution in [0.5, 0.6) is 0 Å². The van der Waals surface area contributed by atoms with Crippen molar-refractivity contribution in [1.82, 2.24) is 0 Å². The molecule has 8 nitrogen and oxygen atoms in total. The molecule has 0 atom stereocenters. The van der Waals surface area contributed by atoms with Crippen LogP contribution in [0.1, 0.15) is 6.42 Å². The summed E-state index contributed by atoms with van der Waals surface area (Å²) >= 11 is 0. The zero-order chi connectivity index (χ0) is 16.6. The summed E-state index contributed by atoms with van der Waals surface area (Å²) < 4.78 is 4.36. The van der Waals surface area contributed by atoms with Crippen molar-refractivity contribution >= 4 is 23.9 Å². The number of carbonyl (C=O) groups excluding carboxylic acids is 1. The minimum Gasteiger partial charge on any atom is -0.481 e. The van der Waals surface area contributed by atoms with Crippen LogP contribution in [0.25, 0.3) is 0 Å². The molecule has 0 bridgehead atoms. The van der Waals surface area contributed by atoms with Crippen LogP contribution in [-0.2, 0) is 23.9 Å². The molecule has 0 aliphatic carbocycles. The molecule has 0 aromatic heterocycles. The minimum atomic E-state index is -0.989. The first-order valence-corrected chi connectivity index (χ1v) is 4.92. The summed E-state index contributed by atoms with van der Waals surface area (Å²) in [6, 6.07) is 0. The predicted molar refractivity (Wildman–Crippen MR) is 69.1 cm³/mol. The van der Waals surface area contributed by atoms with E-state index in [2.05, 4.69) is 24.5 Å². The summed E-state index contributed by atoms with van der Waals surface area (Å²) in [5.41, 5.74) is 0. The second-order valence-corrected chi connectivity index (χ2v) is 2.60. The van der Waals surface area contributed by atoms with Gasteiger partial charge in [0.1, 0.15) is 6.61 Å². The first kappa shape index (κ1) is 22.3. The van der Waals surface area contributed by atoms with E-state index in [4.69, 9.17) is 15.3 Å². The first-order valence-electron chi connectivity index (χ1n) is 4.92. The van der Waals surface area contributed by atoms with Crippen molar-refractivity contribution < 1.29 is 39.2 Å². The Morgan fingerprint density at radius 3 is 1.40 bits per heavy atom. The Kier molecular flexibility index (Phi) is 17.9. The maximum Gasteiger partial charge on any atom is 0.330 e. The van der Waals surface area contributed by atoms with Gasteiger partial charge in [-0.3, -0.25) is 4.79 Å². The molecular weight excluding hydrogens is 272 g/mol. The van der Waals surface area contributed by atoms with Gasteiger partial charge in [0.05, 0.1) is 6.42 Å². The summed E-state index contributed by atoms with van der Waals surface area (Å²) in [6.07, 6.45) is 2.49. The first-order chi connectivity index (χ1) is 9.20. The fraction of sp³-hybridized carbons (Fsp3) is 0.167. The minimum absolute atomic E-state index is 0.0970. The van der Waals surface area contributed by atoms with Crippen LogP contribution in [0.4, 0.5) is 0 Å². The van der Waals surface area contributed by atoms with Crippen molar-refractivity contribution in [1.29, 1.82) is 0 Å². The number of aliphatic carboxylic acids is 3. The normalized spacial score (nSPS) is 7.40. The second kappa shape index (κ2) is 16.1. The van der Waals surface area contributed by atoms with E-state index in [-0.39, 0.29) is 13.0 Å². The topological polar surface area (TPSA) is 138 Å². The molecule has 8 heteroatoms. The van der Waals surface area contributed by atoms with Gasteiger partial charge in [-0.1, -0.05) is 19.7 Å². The van der Waals surface area contributed by atoms with Crippen LogP contribution in [0, 0.1) is 0 Å². The molecular formula is C12H16O8. The molecule has 0 radical (unpaired) electrons. The third kappa shape index (κ3) is 36.3. The SMILES string of the molecule is C=CC(=O)O.C=CC(=O)O.C=CC(=O)OCCC(=O)O. The number of hydrogen-bond donors (Lipinski definition) is 3. The summed E-state index contributed by atoms with van der Waals surface area (Å²) in [5.74, 6) is -3.55. The zero-order valence-electron chi connectivity index (χ0n) is 10.7. The molecule has 0 aliphatic heterocycles. The Bertz CT molecular complexity index is 352. The Morgan fingerprint density at radius 2 is 1.20 bits per heavy atom. The van der Waals surface area contributed by atoms with E-state index in [1.54, 1.807) is 0 Å². The summed E-state index contributed by atoms with van der Waals surface area (Å²) in [6.45, 7) is 8.96. The lowest BCUT2D eigenvalue weighted by Crippen LogP contribution is -2.06. The molecule has 112 valence electrons. The molecule has 0 saturated heterocycles. The third-order valence-corrected chi connectivity index (χ3v) is 1.08. The van der Waals surface area contributed by atoms with Gasteiger partial charge in [-0.15, -0.1) is 0 Å². The average Bonchev–Trinajstić information content (AvgIpc) is 2.39.